The summed E-state index contributed by atoms with van der Waals surface area (Å²) in [6, 6.07) is 5.03. The molecule has 0 radical (unpaired) electrons. The number of hydrogen-bond acceptors (Lipinski definition) is 2. The van der Waals surface area contributed by atoms with Gasteiger partial charge in [-0.15, -0.1) is 0 Å². The molecule has 4 heteroatoms. The summed E-state index contributed by atoms with van der Waals surface area (Å²) >= 11 is 11.8. The van der Waals surface area contributed by atoms with E-state index in [-0.39, 0.29) is 11.2 Å². The molecule has 0 unspecified atom stereocenters. The van der Waals surface area contributed by atoms with Gasteiger partial charge in [0.15, 0.2) is 5.78 Å². The van der Waals surface area contributed by atoms with Crippen molar-refractivity contribution in [2.45, 2.75) is 12.8 Å². The third kappa shape index (κ3) is 2.10. The van der Waals surface area contributed by atoms with E-state index in [4.69, 9.17) is 23.2 Å². The lowest BCUT2D eigenvalue weighted by atomic mass is 9.94. The van der Waals surface area contributed by atoms with Gasteiger partial charge in [0.25, 0.3) is 0 Å². The first-order valence-electron chi connectivity index (χ1n) is 5.23. The van der Waals surface area contributed by atoms with Gasteiger partial charge in [0.05, 0.1) is 5.02 Å². The quantitative estimate of drug-likeness (QED) is 0.840. The number of carbonyl (C=O) groups is 1. The smallest absolute Gasteiger partial charge is 0.171 e. The van der Waals surface area contributed by atoms with Crippen LogP contribution in [0.15, 0.2) is 18.2 Å². The van der Waals surface area contributed by atoms with E-state index < -0.39 is 0 Å². The Labute approximate surface area is 105 Å². The second-order valence-electron chi connectivity index (χ2n) is 4.26. The maximum atomic E-state index is 12.3. The lowest BCUT2D eigenvalue weighted by Gasteiger charge is -2.14. The molecule has 86 valence electrons. The predicted molar refractivity (Wildman–Crippen MR) is 66.4 cm³/mol. The van der Waals surface area contributed by atoms with E-state index in [0.717, 1.165) is 12.8 Å². The van der Waals surface area contributed by atoms with E-state index in [9.17, 15) is 4.79 Å². The topological polar surface area (TPSA) is 29.1 Å². The van der Waals surface area contributed by atoms with Crippen LogP contribution in [-0.4, -0.2) is 19.4 Å². The lowest BCUT2D eigenvalue weighted by molar-refractivity contribution is 0.0900. The SMILES string of the molecule is CNCC1(C(=O)c2ccc(Cl)cc2Cl)CC1. The summed E-state index contributed by atoms with van der Waals surface area (Å²) in [5.74, 6) is 0.128. The van der Waals surface area contributed by atoms with Gasteiger partial charge in [-0.1, -0.05) is 23.2 Å². The van der Waals surface area contributed by atoms with Crippen LogP contribution in [0.25, 0.3) is 0 Å². The maximum Gasteiger partial charge on any atom is 0.171 e. The van der Waals surface area contributed by atoms with Gasteiger partial charge in [0.1, 0.15) is 0 Å². The first-order chi connectivity index (χ1) is 7.59. The molecular weight excluding hydrogens is 245 g/mol. The molecule has 1 fully saturated rings. The molecule has 2 rings (SSSR count). The van der Waals surface area contributed by atoms with Crippen LogP contribution in [0.5, 0.6) is 0 Å². The summed E-state index contributed by atoms with van der Waals surface area (Å²) in [7, 11) is 1.86. The van der Waals surface area contributed by atoms with Gasteiger partial charge < -0.3 is 5.32 Å². The molecule has 1 aliphatic carbocycles. The molecule has 0 saturated heterocycles. The number of rotatable bonds is 4. The van der Waals surface area contributed by atoms with Crippen LogP contribution in [0.4, 0.5) is 0 Å². The summed E-state index contributed by atoms with van der Waals surface area (Å²) in [6.45, 7) is 0.713. The van der Waals surface area contributed by atoms with Crippen molar-refractivity contribution < 1.29 is 4.79 Å². The average molecular weight is 258 g/mol. The number of ketones is 1. The summed E-state index contributed by atoms with van der Waals surface area (Å²) in [6.07, 6.45) is 1.87. The number of carbonyl (C=O) groups excluding carboxylic acids is 1. The monoisotopic (exact) mass is 257 g/mol. The summed E-state index contributed by atoms with van der Waals surface area (Å²) < 4.78 is 0. The van der Waals surface area contributed by atoms with Crippen LogP contribution in [0.1, 0.15) is 23.2 Å². The van der Waals surface area contributed by atoms with Crippen LogP contribution < -0.4 is 5.32 Å². The van der Waals surface area contributed by atoms with E-state index in [2.05, 4.69) is 5.32 Å². The normalized spacial score (nSPS) is 17.2. The Hall–Kier alpha value is -0.570. The molecular formula is C12H13Cl2NO. The molecule has 16 heavy (non-hydrogen) atoms. The predicted octanol–water partition coefficient (Wildman–Crippen LogP) is 3.18. The molecule has 0 heterocycles. The van der Waals surface area contributed by atoms with Crippen LogP contribution in [0, 0.1) is 5.41 Å². The van der Waals surface area contributed by atoms with Crippen molar-refractivity contribution >= 4 is 29.0 Å². The molecule has 0 bridgehead atoms. The zero-order valence-electron chi connectivity index (χ0n) is 9.02. The van der Waals surface area contributed by atoms with Crippen molar-refractivity contribution in [3.63, 3.8) is 0 Å². The minimum Gasteiger partial charge on any atom is -0.319 e. The minimum atomic E-state index is -0.230. The van der Waals surface area contributed by atoms with Crippen molar-refractivity contribution in [2.75, 3.05) is 13.6 Å². The third-order valence-electron chi connectivity index (χ3n) is 3.03. The van der Waals surface area contributed by atoms with Crippen molar-refractivity contribution in [1.82, 2.24) is 5.32 Å². The zero-order valence-corrected chi connectivity index (χ0v) is 10.5. The fourth-order valence-electron chi connectivity index (χ4n) is 1.93. The highest BCUT2D eigenvalue weighted by Gasteiger charge is 2.49. The van der Waals surface area contributed by atoms with Gasteiger partial charge in [-0.3, -0.25) is 4.79 Å². The van der Waals surface area contributed by atoms with Gasteiger partial charge in [-0.25, -0.2) is 0 Å². The number of benzene rings is 1. The lowest BCUT2D eigenvalue weighted by Crippen LogP contribution is -2.28. The largest absolute Gasteiger partial charge is 0.319 e. The number of Topliss-reactive ketones (excluding diaryl/α,β-unsaturated/α-hetero) is 1. The highest BCUT2D eigenvalue weighted by atomic mass is 35.5. The molecule has 1 aliphatic rings. The zero-order chi connectivity index (χ0) is 11.8. The molecule has 1 aromatic carbocycles. The molecule has 2 nitrogen and oxygen atoms in total. The minimum absolute atomic E-state index is 0.128. The maximum absolute atomic E-state index is 12.3. The molecule has 1 saturated carbocycles. The van der Waals surface area contributed by atoms with E-state index in [0.29, 0.717) is 22.2 Å². The van der Waals surface area contributed by atoms with Crippen LogP contribution in [0.3, 0.4) is 0 Å². The molecule has 0 amide bonds. The Morgan fingerprint density at radius 2 is 2.12 bits per heavy atom. The molecule has 0 aromatic heterocycles. The summed E-state index contributed by atoms with van der Waals surface area (Å²) in [5.41, 5.74) is 0.352. The Morgan fingerprint density at radius 1 is 1.44 bits per heavy atom. The highest BCUT2D eigenvalue weighted by molar-refractivity contribution is 6.37. The van der Waals surface area contributed by atoms with Crippen molar-refractivity contribution in [1.29, 1.82) is 0 Å². The summed E-state index contributed by atoms with van der Waals surface area (Å²) in [4.78, 5) is 12.3. The van der Waals surface area contributed by atoms with Gasteiger partial charge in [0, 0.05) is 22.5 Å². The highest BCUT2D eigenvalue weighted by Crippen LogP contribution is 2.48. The van der Waals surface area contributed by atoms with E-state index in [1.54, 1.807) is 18.2 Å². The van der Waals surface area contributed by atoms with Gasteiger partial charge in [-0.05, 0) is 38.1 Å². The third-order valence-corrected chi connectivity index (χ3v) is 3.57. The van der Waals surface area contributed by atoms with Crippen LogP contribution >= 0.6 is 23.2 Å². The van der Waals surface area contributed by atoms with Crippen LogP contribution in [0.2, 0.25) is 10.0 Å². The first kappa shape index (κ1) is 11.9. The number of nitrogens with one attached hydrogen (secondary N) is 1. The summed E-state index contributed by atoms with van der Waals surface area (Å²) in [5, 5.41) is 4.06. The second kappa shape index (κ2) is 4.36. The first-order valence-corrected chi connectivity index (χ1v) is 5.99. The van der Waals surface area contributed by atoms with Crippen LogP contribution in [-0.2, 0) is 0 Å². The Morgan fingerprint density at radius 3 is 2.62 bits per heavy atom. The fourth-order valence-corrected chi connectivity index (χ4v) is 2.43. The molecule has 0 atom stereocenters. The van der Waals surface area contributed by atoms with E-state index >= 15 is 0 Å². The van der Waals surface area contributed by atoms with Crippen molar-refractivity contribution in [3.8, 4) is 0 Å². The fraction of sp³-hybridized carbons (Fsp3) is 0.417. The van der Waals surface area contributed by atoms with E-state index in [1.807, 2.05) is 7.05 Å². The molecule has 1 N–H and O–H groups in total. The molecule has 0 spiro atoms. The van der Waals surface area contributed by atoms with Gasteiger partial charge >= 0.3 is 0 Å². The Kier molecular flexibility index (Phi) is 3.24. The second-order valence-corrected chi connectivity index (χ2v) is 5.11. The standard InChI is InChI=1S/C12H13Cl2NO/c1-15-7-12(4-5-12)11(16)9-3-2-8(13)6-10(9)14/h2-3,6,15H,4-5,7H2,1H3. The van der Waals surface area contributed by atoms with E-state index in [1.165, 1.54) is 0 Å². The van der Waals surface area contributed by atoms with Crippen molar-refractivity contribution in [2.24, 2.45) is 5.41 Å². The molecule has 1 aromatic rings. The molecule has 0 aliphatic heterocycles. The Balaban J connectivity index is 2.28. The average Bonchev–Trinajstić information content (AvgIpc) is 2.99. The Bertz CT molecular complexity index is 427. The van der Waals surface area contributed by atoms with Gasteiger partial charge in [-0.2, -0.15) is 0 Å². The van der Waals surface area contributed by atoms with Crippen molar-refractivity contribution in [3.05, 3.63) is 33.8 Å². The van der Waals surface area contributed by atoms with Gasteiger partial charge in [0.2, 0.25) is 0 Å². The number of halogens is 2. The number of hydrogen-bond donors (Lipinski definition) is 1.